The first-order chi connectivity index (χ1) is 18.2. The van der Waals surface area contributed by atoms with Crippen LogP contribution in [0.5, 0.6) is 11.5 Å². The van der Waals surface area contributed by atoms with Crippen LogP contribution in [0.1, 0.15) is 30.5 Å². The number of rotatable bonds is 12. The van der Waals surface area contributed by atoms with Gasteiger partial charge >= 0.3 is 5.69 Å². The second kappa shape index (κ2) is 13.2. The molecule has 0 aliphatic heterocycles. The predicted octanol–water partition coefficient (Wildman–Crippen LogP) is 4.46. The molecule has 3 rings (SSSR count). The second-order valence-electron chi connectivity index (χ2n) is 9.20. The molecule has 3 aromatic rings. The summed E-state index contributed by atoms with van der Waals surface area (Å²) < 4.78 is 10.8. The van der Waals surface area contributed by atoms with Gasteiger partial charge in [-0.1, -0.05) is 54.6 Å². The Kier molecular flexibility index (Phi) is 9.81. The number of nitro groups is 1. The van der Waals surface area contributed by atoms with Crippen LogP contribution in [-0.2, 0) is 22.6 Å². The number of ether oxygens (including phenoxy) is 2. The first-order valence-electron chi connectivity index (χ1n) is 12.3. The zero-order chi connectivity index (χ0) is 27.7. The van der Waals surface area contributed by atoms with Gasteiger partial charge in [0.25, 0.3) is 5.91 Å². The van der Waals surface area contributed by atoms with Crippen molar-refractivity contribution in [2.45, 2.75) is 45.8 Å². The van der Waals surface area contributed by atoms with Crippen LogP contribution in [0.4, 0.5) is 5.69 Å². The first-order valence-corrected chi connectivity index (χ1v) is 12.3. The van der Waals surface area contributed by atoms with E-state index in [2.05, 4.69) is 5.32 Å². The number of carbonyl (C=O) groups excluding carboxylic acids is 2. The predicted molar refractivity (Wildman–Crippen MR) is 144 cm³/mol. The molecule has 2 amide bonds. The van der Waals surface area contributed by atoms with Crippen LogP contribution in [0.3, 0.4) is 0 Å². The summed E-state index contributed by atoms with van der Waals surface area (Å²) in [7, 11) is 1.32. The van der Waals surface area contributed by atoms with Gasteiger partial charge in [0, 0.05) is 31.1 Å². The minimum Gasteiger partial charge on any atom is -0.490 e. The number of hydrogen-bond acceptors (Lipinski definition) is 6. The molecule has 0 spiro atoms. The lowest BCUT2D eigenvalue weighted by Gasteiger charge is -2.32. The standard InChI is InChI=1S/C29H33N3O6/c1-20(2)30-29(34)26(16-22-11-6-5-7-12-22)31(18-23-13-9-8-10-21(23)3)28(33)19-38-24-14-15-25(32(35)36)27(17-24)37-4/h5-15,17,20,26H,16,18-19H2,1-4H3,(H,30,34)/t26-/m1/s1. The summed E-state index contributed by atoms with van der Waals surface area (Å²) in [6.45, 7) is 5.54. The number of nitro benzene ring substituents is 1. The van der Waals surface area contributed by atoms with E-state index in [1.54, 1.807) is 0 Å². The van der Waals surface area contributed by atoms with Gasteiger partial charge in [-0.25, -0.2) is 0 Å². The minimum absolute atomic E-state index is 0.0231. The van der Waals surface area contributed by atoms with Gasteiger partial charge in [0.15, 0.2) is 6.61 Å². The van der Waals surface area contributed by atoms with E-state index >= 15 is 0 Å². The molecule has 0 saturated heterocycles. The average molecular weight is 520 g/mol. The number of methoxy groups -OCH3 is 1. The summed E-state index contributed by atoms with van der Waals surface area (Å²) >= 11 is 0. The molecule has 0 aliphatic carbocycles. The average Bonchev–Trinajstić information content (AvgIpc) is 2.90. The highest BCUT2D eigenvalue weighted by Gasteiger charge is 2.31. The summed E-state index contributed by atoms with van der Waals surface area (Å²) in [5, 5.41) is 14.2. The molecule has 1 atom stereocenters. The summed E-state index contributed by atoms with van der Waals surface area (Å²) in [6.07, 6.45) is 0.322. The van der Waals surface area contributed by atoms with Crippen molar-refractivity contribution in [3.63, 3.8) is 0 Å². The monoisotopic (exact) mass is 519 g/mol. The van der Waals surface area contributed by atoms with Gasteiger partial charge in [-0.2, -0.15) is 0 Å². The van der Waals surface area contributed by atoms with E-state index in [0.717, 1.165) is 16.7 Å². The quantitative estimate of drug-likeness (QED) is 0.280. The number of amides is 2. The van der Waals surface area contributed by atoms with Crippen molar-refractivity contribution < 1.29 is 24.0 Å². The van der Waals surface area contributed by atoms with Crippen molar-refractivity contribution in [1.29, 1.82) is 0 Å². The van der Waals surface area contributed by atoms with Gasteiger partial charge in [-0.15, -0.1) is 0 Å². The number of nitrogens with zero attached hydrogens (tertiary/aromatic N) is 2. The van der Waals surface area contributed by atoms with E-state index in [4.69, 9.17) is 9.47 Å². The maximum absolute atomic E-state index is 13.7. The fraction of sp³-hybridized carbons (Fsp3) is 0.310. The van der Waals surface area contributed by atoms with Gasteiger partial charge in [-0.3, -0.25) is 19.7 Å². The Morgan fingerprint density at radius 3 is 2.34 bits per heavy atom. The molecule has 9 heteroatoms. The molecular weight excluding hydrogens is 486 g/mol. The molecule has 0 heterocycles. The Balaban J connectivity index is 1.92. The smallest absolute Gasteiger partial charge is 0.311 e. The van der Waals surface area contributed by atoms with Gasteiger partial charge < -0.3 is 19.7 Å². The molecule has 0 unspecified atom stereocenters. The molecule has 38 heavy (non-hydrogen) atoms. The molecule has 9 nitrogen and oxygen atoms in total. The lowest BCUT2D eigenvalue weighted by molar-refractivity contribution is -0.385. The molecule has 1 N–H and O–H groups in total. The SMILES string of the molecule is COc1cc(OCC(=O)N(Cc2ccccc2C)[C@H](Cc2ccccc2)C(=O)NC(C)C)ccc1[N+](=O)[O-]. The number of benzene rings is 3. The van der Waals surface area contributed by atoms with E-state index in [0.29, 0.717) is 6.42 Å². The molecule has 0 radical (unpaired) electrons. The Labute approximate surface area is 222 Å². The van der Waals surface area contributed by atoms with Crippen LogP contribution in [0.2, 0.25) is 0 Å². The number of hydrogen-bond donors (Lipinski definition) is 1. The Morgan fingerprint density at radius 1 is 1.03 bits per heavy atom. The fourth-order valence-electron chi connectivity index (χ4n) is 4.03. The molecule has 0 saturated carbocycles. The third-order valence-electron chi connectivity index (χ3n) is 6.01. The Hall–Kier alpha value is -4.40. The number of nitrogens with one attached hydrogen (secondary N) is 1. The van der Waals surface area contributed by atoms with Gasteiger partial charge in [0.1, 0.15) is 11.8 Å². The van der Waals surface area contributed by atoms with Gasteiger partial charge in [-0.05, 0) is 43.5 Å². The van der Waals surface area contributed by atoms with Gasteiger partial charge in [0.2, 0.25) is 11.7 Å². The molecule has 0 fully saturated rings. The van der Waals surface area contributed by atoms with E-state index in [9.17, 15) is 19.7 Å². The second-order valence-corrected chi connectivity index (χ2v) is 9.20. The molecule has 3 aromatic carbocycles. The zero-order valence-corrected chi connectivity index (χ0v) is 22.0. The summed E-state index contributed by atoms with van der Waals surface area (Å²) in [4.78, 5) is 39.3. The Morgan fingerprint density at radius 2 is 1.71 bits per heavy atom. The lowest BCUT2D eigenvalue weighted by Crippen LogP contribution is -2.52. The molecule has 0 aliphatic rings. The van der Waals surface area contributed by atoms with Crippen LogP contribution in [0, 0.1) is 17.0 Å². The molecule has 200 valence electrons. The van der Waals surface area contributed by atoms with E-state index in [1.165, 1.54) is 30.2 Å². The highest BCUT2D eigenvalue weighted by molar-refractivity contribution is 5.88. The highest BCUT2D eigenvalue weighted by Crippen LogP contribution is 2.31. The van der Waals surface area contributed by atoms with Crippen molar-refractivity contribution in [3.8, 4) is 11.5 Å². The topological polar surface area (TPSA) is 111 Å². The minimum atomic E-state index is -0.790. The Bertz CT molecular complexity index is 1260. The molecule has 0 bridgehead atoms. The number of carbonyl (C=O) groups is 2. The van der Waals surface area contributed by atoms with Crippen molar-refractivity contribution in [2.75, 3.05) is 13.7 Å². The van der Waals surface area contributed by atoms with E-state index in [-0.39, 0.29) is 42.3 Å². The lowest BCUT2D eigenvalue weighted by atomic mass is 10.0. The zero-order valence-electron chi connectivity index (χ0n) is 22.0. The van der Waals surface area contributed by atoms with Crippen molar-refractivity contribution in [1.82, 2.24) is 10.2 Å². The largest absolute Gasteiger partial charge is 0.490 e. The van der Waals surface area contributed by atoms with Crippen molar-refractivity contribution >= 4 is 17.5 Å². The van der Waals surface area contributed by atoms with E-state index < -0.39 is 16.9 Å². The maximum atomic E-state index is 13.7. The van der Waals surface area contributed by atoms with Crippen molar-refractivity contribution in [2.24, 2.45) is 0 Å². The number of aryl methyl sites for hydroxylation is 1. The van der Waals surface area contributed by atoms with E-state index in [1.807, 2.05) is 75.4 Å². The van der Waals surface area contributed by atoms with Crippen LogP contribution >= 0.6 is 0 Å². The van der Waals surface area contributed by atoms with Crippen LogP contribution in [0.15, 0.2) is 72.8 Å². The fourth-order valence-corrected chi connectivity index (χ4v) is 4.03. The summed E-state index contributed by atoms with van der Waals surface area (Å²) in [5.41, 5.74) is 2.61. The third-order valence-corrected chi connectivity index (χ3v) is 6.01. The maximum Gasteiger partial charge on any atom is 0.311 e. The molecule has 0 aromatic heterocycles. The van der Waals surface area contributed by atoms with Crippen molar-refractivity contribution in [3.05, 3.63) is 99.6 Å². The summed E-state index contributed by atoms with van der Waals surface area (Å²) in [6, 6.07) is 20.4. The van der Waals surface area contributed by atoms with Crippen LogP contribution in [-0.4, -0.2) is 47.4 Å². The van der Waals surface area contributed by atoms with Crippen LogP contribution in [0.25, 0.3) is 0 Å². The third kappa shape index (κ3) is 7.55. The van der Waals surface area contributed by atoms with Gasteiger partial charge in [0.05, 0.1) is 12.0 Å². The normalized spacial score (nSPS) is 11.5. The summed E-state index contributed by atoms with van der Waals surface area (Å²) in [5.74, 6) is -0.397. The highest BCUT2D eigenvalue weighted by atomic mass is 16.6. The van der Waals surface area contributed by atoms with Crippen LogP contribution < -0.4 is 14.8 Å². The molecular formula is C29H33N3O6. The first kappa shape index (κ1) is 28.2.